The van der Waals surface area contributed by atoms with Crippen LogP contribution in [0.4, 0.5) is 21.5 Å². The van der Waals surface area contributed by atoms with Crippen LogP contribution >= 0.6 is 0 Å². The van der Waals surface area contributed by atoms with Crippen molar-refractivity contribution in [3.63, 3.8) is 0 Å². The molecule has 0 spiro atoms. The van der Waals surface area contributed by atoms with Crippen molar-refractivity contribution in [2.75, 3.05) is 16.2 Å². The number of sulfonamides is 1. The van der Waals surface area contributed by atoms with Crippen molar-refractivity contribution in [2.45, 2.75) is 38.6 Å². The maximum Gasteiger partial charge on any atom is 0.331 e. The largest absolute Gasteiger partial charge is 0.434 e. The molecule has 1 aliphatic rings. The fourth-order valence-corrected chi connectivity index (χ4v) is 5.79. The zero-order valence-electron chi connectivity index (χ0n) is 20.6. The number of ether oxygens (including phenoxy) is 1. The van der Waals surface area contributed by atoms with E-state index in [2.05, 4.69) is 9.71 Å². The van der Waals surface area contributed by atoms with Crippen LogP contribution in [-0.2, 0) is 10.0 Å². The topological polar surface area (TPSA) is 142 Å². The minimum absolute atomic E-state index is 0.0642. The van der Waals surface area contributed by atoms with E-state index < -0.39 is 20.8 Å². The van der Waals surface area contributed by atoms with E-state index in [-0.39, 0.29) is 34.6 Å². The molecule has 38 heavy (non-hydrogen) atoms. The smallest absolute Gasteiger partial charge is 0.331 e. The van der Waals surface area contributed by atoms with Gasteiger partial charge in [-0.05, 0) is 62.1 Å². The monoisotopic (exact) mass is 539 g/mol. The lowest BCUT2D eigenvalue weighted by molar-refractivity contribution is -0.386. The Hall–Kier alpha value is -4.19. The summed E-state index contributed by atoms with van der Waals surface area (Å²) in [5, 5.41) is 12.1. The summed E-state index contributed by atoms with van der Waals surface area (Å²) in [5.74, 6) is -0.493. The molecule has 5 rings (SSSR count). The molecule has 0 aliphatic heterocycles. The SMILES string of the molecule is CCCS(=O)(=O)Nc1ccc(-c2c(N)c3ccc(Oc4ncccc4[N+](=O)[O-])cc3n2C2CCC2)c(F)c1. The molecule has 2 aromatic heterocycles. The van der Waals surface area contributed by atoms with Crippen molar-refractivity contribution in [3.05, 3.63) is 70.7 Å². The quantitative estimate of drug-likeness (QED) is 0.196. The number of rotatable bonds is 9. The minimum atomic E-state index is -3.57. The highest BCUT2D eigenvalue weighted by Crippen LogP contribution is 2.46. The van der Waals surface area contributed by atoms with Crippen LogP contribution in [-0.4, -0.2) is 28.6 Å². The molecule has 0 atom stereocenters. The van der Waals surface area contributed by atoms with Crippen LogP contribution in [0, 0.1) is 15.9 Å². The first kappa shape index (κ1) is 25.5. The van der Waals surface area contributed by atoms with Crippen LogP contribution in [0.3, 0.4) is 0 Å². The zero-order valence-corrected chi connectivity index (χ0v) is 21.4. The maximum atomic E-state index is 15.5. The molecule has 0 radical (unpaired) electrons. The summed E-state index contributed by atoms with van der Waals surface area (Å²) in [4.78, 5) is 14.8. The van der Waals surface area contributed by atoms with Gasteiger partial charge < -0.3 is 15.0 Å². The number of halogens is 1. The molecule has 198 valence electrons. The predicted octanol–water partition coefficient (Wildman–Crippen LogP) is 6.00. The van der Waals surface area contributed by atoms with Crippen LogP contribution in [0.5, 0.6) is 11.6 Å². The Morgan fingerprint density at radius 3 is 2.68 bits per heavy atom. The maximum absolute atomic E-state index is 15.5. The van der Waals surface area contributed by atoms with Gasteiger partial charge in [0.1, 0.15) is 11.6 Å². The van der Waals surface area contributed by atoms with Gasteiger partial charge in [0.2, 0.25) is 10.0 Å². The summed E-state index contributed by atoms with van der Waals surface area (Å²) in [7, 11) is -3.57. The Balaban J connectivity index is 1.59. The van der Waals surface area contributed by atoms with Crippen molar-refractivity contribution in [1.29, 1.82) is 0 Å². The fourth-order valence-electron chi connectivity index (χ4n) is 4.66. The van der Waals surface area contributed by atoms with E-state index in [9.17, 15) is 18.5 Å². The summed E-state index contributed by atoms with van der Waals surface area (Å²) < 4.78 is 49.9. The normalized spacial score (nSPS) is 13.8. The van der Waals surface area contributed by atoms with E-state index in [1.54, 1.807) is 25.1 Å². The van der Waals surface area contributed by atoms with Crippen molar-refractivity contribution >= 4 is 38.0 Å². The second-order valence-corrected chi connectivity index (χ2v) is 11.0. The number of pyridine rings is 1. The Morgan fingerprint density at radius 2 is 2.03 bits per heavy atom. The number of nitrogens with two attached hydrogens (primary N) is 1. The predicted molar refractivity (Wildman–Crippen MR) is 143 cm³/mol. The third kappa shape index (κ3) is 4.74. The average Bonchev–Trinajstić information content (AvgIpc) is 3.09. The van der Waals surface area contributed by atoms with E-state index in [1.165, 1.54) is 30.5 Å². The molecule has 0 bridgehead atoms. The Kier molecular flexibility index (Phi) is 6.66. The van der Waals surface area contributed by atoms with E-state index in [0.29, 0.717) is 34.5 Å². The van der Waals surface area contributed by atoms with Gasteiger partial charge in [-0.1, -0.05) is 6.92 Å². The van der Waals surface area contributed by atoms with E-state index in [1.807, 2.05) is 4.57 Å². The number of hydrogen-bond donors (Lipinski definition) is 2. The van der Waals surface area contributed by atoms with Crippen LogP contribution in [0.25, 0.3) is 22.2 Å². The van der Waals surface area contributed by atoms with Gasteiger partial charge in [0.25, 0.3) is 5.88 Å². The van der Waals surface area contributed by atoms with E-state index in [0.717, 1.165) is 25.3 Å². The minimum Gasteiger partial charge on any atom is -0.434 e. The summed E-state index contributed by atoms with van der Waals surface area (Å²) in [6.45, 7) is 1.75. The lowest BCUT2D eigenvalue weighted by Gasteiger charge is -2.30. The van der Waals surface area contributed by atoms with Crippen molar-refractivity contribution in [2.24, 2.45) is 0 Å². The molecule has 2 aromatic carbocycles. The number of hydrogen-bond acceptors (Lipinski definition) is 7. The van der Waals surface area contributed by atoms with E-state index in [4.69, 9.17) is 10.5 Å². The molecular formula is C26H26FN5O5S. The van der Waals surface area contributed by atoms with Gasteiger partial charge >= 0.3 is 5.69 Å². The van der Waals surface area contributed by atoms with Crippen molar-refractivity contribution in [1.82, 2.24) is 9.55 Å². The van der Waals surface area contributed by atoms with E-state index >= 15 is 4.39 Å². The highest BCUT2D eigenvalue weighted by atomic mass is 32.2. The molecule has 1 saturated carbocycles. The molecule has 1 aliphatic carbocycles. The third-order valence-electron chi connectivity index (χ3n) is 6.59. The summed E-state index contributed by atoms with van der Waals surface area (Å²) in [6.07, 6.45) is 4.61. The first-order valence-corrected chi connectivity index (χ1v) is 13.8. The zero-order chi connectivity index (χ0) is 27.0. The van der Waals surface area contributed by atoms with Gasteiger partial charge in [-0.15, -0.1) is 0 Å². The highest BCUT2D eigenvalue weighted by molar-refractivity contribution is 7.92. The second kappa shape index (κ2) is 9.93. The van der Waals surface area contributed by atoms with Crippen LogP contribution in [0.1, 0.15) is 38.6 Å². The Morgan fingerprint density at radius 1 is 1.24 bits per heavy atom. The van der Waals surface area contributed by atoms with Crippen LogP contribution in [0.15, 0.2) is 54.7 Å². The number of fused-ring (bicyclic) bond motifs is 1. The molecule has 0 amide bonds. The molecule has 0 saturated heterocycles. The van der Waals surface area contributed by atoms with Gasteiger partial charge in [0.15, 0.2) is 0 Å². The molecule has 0 unspecified atom stereocenters. The number of benzene rings is 2. The molecular weight excluding hydrogens is 513 g/mol. The van der Waals surface area contributed by atoms with Gasteiger partial charge in [-0.3, -0.25) is 14.8 Å². The van der Waals surface area contributed by atoms with Crippen molar-refractivity contribution in [3.8, 4) is 22.9 Å². The summed E-state index contributed by atoms with van der Waals surface area (Å²) in [6, 6.07) is 12.1. The summed E-state index contributed by atoms with van der Waals surface area (Å²) >= 11 is 0. The Bertz CT molecular complexity index is 1650. The highest BCUT2D eigenvalue weighted by Gasteiger charge is 2.29. The molecule has 2 heterocycles. The molecule has 3 N–H and O–H groups in total. The van der Waals surface area contributed by atoms with Gasteiger partial charge in [0.05, 0.1) is 33.3 Å². The third-order valence-corrected chi connectivity index (χ3v) is 8.08. The Labute approximate surface area is 218 Å². The molecule has 10 nitrogen and oxygen atoms in total. The molecule has 1 fully saturated rings. The second-order valence-electron chi connectivity index (χ2n) is 9.20. The van der Waals surface area contributed by atoms with Gasteiger partial charge in [0, 0.05) is 35.3 Å². The average molecular weight is 540 g/mol. The number of nitrogens with zero attached hydrogens (tertiary/aromatic N) is 3. The van der Waals surface area contributed by atoms with Gasteiger partial charge in [-0.25, -0.2) is 17.8 Å². The van der Waals surface area contributed by atoms with Crippen LogP contribution in [0.2, 0.25) is 0 Å². The number of nitrogens with one attached hydrogen (secondary N) is 1. The lowest BCUT2D eigenvalue weighted by Crippen LogP contribution is -2.18. The number of nitrogen functional groups attached to an aromatic ring is 1. The summed E-state index contributed by atoms with van der Waals surface area (Å²) in [5.41, 5.74) is 8.24. The number of nitro groups is 1. The standard InChI is InChI=1S/C26H26FN5O5S/c1-2-13-38(35,36)30-16-8-10-19(21(27)14-16)25-24(28)20-11-9-18(15-23(20)31(25)17-5-3-6-17)37-26-22(32(33)34)7-4-12-29-26/h4,7-12,14-15,17,30H,2-3,5-6,13,28H2,1H3. The number of anilines is 2. The first-order chi connectivity index (χ1) is 18.2. The van der Waals surface area contributed by atoms with Crippen molar-refractivity contribution < 1.29 is 22.5 Å². The first-order valence-electron chi connectivity index (χ1n) is 12.2. The number of aromatic nitrogens is 2. The molecule has 12 heteroatoms. The lowest BCUT2D eigenvalue weighted by atomic mass is 9.92. The van der Waals surface area contributed by atoms with Crippen LogP contribution < -0.4 is 15.2 Å². The van der Waals surface area contributed by atoms with Gasteiger partial charge in [-0.2, -0.15) is 0 Å². The fraction of sp³-hybridized carbons (Fsp3) is 0.269. The molecule has 4 aromatic rings.